The quantitative estimate of drug-likeness (QED) is 0.227. The monoisotopic (exact) mass is 430 g/mol. The zero-order chi connectivity index (χ0) is 22.9. The Labute approximate surface area is 187 Å². The van der Waals surface area contributed by atoms with Gasteiger partial charge in [0.2, 0.25) is 0 Å². The van der Waals surface area contributed by atoms with E-state index in [0.29, 0.717) is 13.0 Å². The van der Waals surface area contributed by atoms with Crippen LogP contribution in [0.15, 0.2) is 47.3 Å². The molecule has 2 saturated heterocycles. The van der Waals surface area contributed by atoms with Crippen molar-refractivity contribution in [2.45, 2.75) is 84.7 Å². The number of methoxy groups -OCH3 is 1. The van der Waals surface area contributed by atoms with E-state index in [0.717, 1.165) is 24.8 Å². The van der Waals surface area contributed by atoms with Gasteiger partial charge in [-0.1, -0.05) is 30.2 Å². The summed E-state index contributed by atoms with van der Waals surface area (Å²) in [6.45, 7) is 12.9. The fourth-order valence-corrected chi connectivity index (χ4v) is 5.30. The van der Waals surface area contributed by atoms with Crippen molar-refractivity contribution in [1.82, 2.24) is 0 Å². The fraction of sp³-hybridized carbons (Fsp3) is 0.654. The van der Waals surface area contributed by atoms with Crippen LogP contribution in [0.25, 0.3) is 0 Å². The number of hydrogen-bond donors (Lipinski definition) is 0. The maximum Gasteiger partial charge on any atom is 0.335 e. The first-order valence-corrected chi connectivity index (χ1v) is 11.3. The van der Waals surface area contributed by atoms with Crippen LogP contribution in [0.2, 0.25) is 0 Å². The summed E-state index contributed by atoms with van der Waals surface area (Å²) in [5, 5.41) is 0. The van der Waals surface area contributed by atoms with E-state index in [-0.39, 0.29) is 23.4 Å². The van der Waals surface area contributed by atoms with Gasteiger partial charge in [0.15, 0.2) is 5.79 Å². The van der Waals surface area contributed by atoms with E-state index in [4.69, 9.17) is 18.9 Å². The predicted octanol–water partition coefficient (Wildman–Crippen LogP) is 5.63. The van der Waals surface area contributed by atoms with Crippen molar-refractivity contribution >= 4 is 5.97 Å². The lowest BCUT2D eigenvalue weighted by Gasteiger charge is -2.49. The highest BCUT2D eigenvalue weighted by Crippen LogP contribution is 2.61. The Morgan fingerprint density at radius 3 is 2.61 bits per heavy atom. The van der Waals surface area contributed by atoms with E-state index in [1.165, 1.54) is 17.2 Å². The molecule has 1 unspecified atom stereocenters. The van der Waals surface area contributed by atoms with Gasteiger partial charge in [-0.3, -0.25) is 0 Å². The summed E-state index contributed by atoms with van der Waals surface area (Å²) in [6.07, 6.45) is 13.2. The molecule has 5 atom stereocenters. The van der Waals surface area contributed by atoms with Gasteiger partial charge in [0, 0.05) is 25.5 Å². The molecule has 2 fully saturated rings. The van der Waals surface area contributed by atoms with Crippen LogP contribution in [0.5, 0.6) is 0 Å². The van der Waals surface area contributed by atoms with Crippen LogP contribution in [0.4, 0.5) is 0 Å². The molecule has 5 nitrogen and oxygen atoms in total. The van der Waals surface area contributed by atoms with Gasteiger partial charge < -0.3 is 18.9 Å². The number of hydrogen-bond acceptors (Lipinski definition) is 5. The molecule has 0 amide bonds. The number of carbonyl (C=O) groups is 1. The molecule has 3 rings (SSSR count). The molecule has 2 heterocycles. The van der Waals surface area contributed by atoms with Crippen molar-refractivity contribution in [2.75, 3.05) is 13.7 Å². The van der Waals surface area contributed by atoms with Crippen LogP contribution in [0.3, 0.4) is 0 Å². The van der Waals surface area contributed by atoms with Crippen LogP contribution in [0, 0.1) is 11.3 Å². The maximum atomic E-state index is 12.1. The Bertz CT molecular complexity index is 814. The molecule has 2 aliphatic heterocycles. The zero-order valence-corrected chi connectivity index (χ0v) is 20.1. The molecular formula is C26H38O5. The van der Waals surface area contributed by atoms with Gasteiger partial charge >= 0.3 is 5.97 Å². The van der Waals surface area contributed by atoms with Crippen molar-refractivity contribution in [1.29, 1.82) is 0 Å². The minimum absolute atomic E-state index is 0.00506. The summed E-state index contributed by atoms with van der Waals surface area (Å²) in [5.41, 5.74) is 2.75. The zero-order valence-electron chi connectivity index (χ0n) is 20.1. The van der Waals surface area contributed by atoms with Crippen molar-refractivity contribution in [2.24, 2.45) is 11.3 Å². The van der Waals surface area contributed by atoms with E-state index >= 15 is 0 Å². The van der Waals surface area contributed by atoms with Crippen LogP contribution < -0.4 is 0 Å². The first-order chi connectivity index (χ1) is 14.5. The molecule has 0 aromatic rings. The number of ether oxygens (including phenoxy) is 4. The maximum absolute atomic E-state index is 12.1. The third kappa shape index (κ3) is 4.74. The van der Waals surface area contributed by atoms with E-state index in [2.05, 4.69) is 32.9 Å². The van der Waals surface area contributed by atoms with E-state index in [9.17, 15) is 4.79 Å². The topological polar surface area (TPSA) is 54.0 Å². The highest BCUT2D eigenvalue weighted by molar-refractivity contribution is 5.83. The fourth-order valence-electron chi connectivity index (χ4n) is 5.30. The van der Waals surface area contributed by atoms with Gasteiger partial charge in [-0.25, -0.2) is 4.79 Å². The molecule has 5 heteroatoms. The summed E-state index contributed by atoms with van der Waals surface area (Å²) >= 11 is 0. The van der Waals surface area contributed by atoms with Crippen LogP contribution in [0.1, 0.15) is 67.2 Å². The molecule has 0 bridgehead atoms. The standard InChI is InChI=1S/C26H38O5/c1-18(2)9-8-12-24(5)13-10-20-17-30-22-16-25(6,28-7)31-26(20,22)21(24)11-14-29-23(27)15-19(3)4/h9-11,14-15,21-22H,8,12-13,16-17H2,1-7H3/b14-11-/t21-,22+,24?,25-,26-/m1/s1. The smallest absolute Gasteiger partial charge is 0.335 e. The van der Waals surface area contributed by atoms with Gasteiger partial charge in [-0.05, 0) is 70.9 Å². The summed E-state index contributed by atoms with van der Waals surface area (Å²) in [4.78, 5) is 12.1. The lowest BCUT2D eigenvalue weighted by molar-refractivity contribution is -0.236. The van der Waals surface area contributed by atoms with Gasteiger partial charge in [0.05, 0.1) is 19.0 Å². The summed E-state index contributed by atoms with van der Waals surface area (Å²) in [6, 6.07) is 0. The molecule has 0 aromatic heterocycles. The molecule has 31 heavy (non-hydrogen) atoms. The summed E-state index contributed by atoms with van der Waals surface area (Å²) in [7, 11) is 1.68. The van der Waals surface area contributed by atoms with Crippen molar-refractivity contribution in [3.05, 3.63) is 47.3 Å². The number of esters is 1. The third-order valence-electron chi connectivity index (χ3n) is 6.95. The largest absolute Gasteiger partial charge is 0.432 e. The predicted molar refractivity (Wildman–Crippen MR) is 121 cm³/mol. The van der Waals surface area contributed by atoms with Gasteiger partial charge in [0.25, 0.3) is 0 Å². The molecule has 0 N–H and O–H groups in total. The summed E-state index contributed by atoms with van der Waals surface area (Å²) in [5.74, 6) is -1.07. The lowest BCUT2D eigenvalue weighted by atomic mass is 9.58. The minimum atomic E-state index is -0.701. The Balaban J connectivity index is 1.97. The Morgan fingerprint density at radius 1 is 1.23 bits per heavy atom. The number of rotatable bonds is 7. The molecule has 1 aliphatic carbocycles. The average Bonchev–Trinajstić information content (AvgIpc) is 3.14. The van der Waals surface area contributed by atoms with E-state index < -0.39 is 11.4 Å². The second-order valence-corrected chi connectivity index (χ2v) is 10.1. The van der Waals surface area contributed by atoms with E-state index in [1.807, 2.05) is 26.8 Å². The average molecular weight is 431 g/mol. The van der Waals surface area contributed by atoms with Crippen molar-refractivity contribution in [3.63, 3.8) is 0 Å². The second-order valence-electron chi connectivity index (χ2n) is 10.1. The molecule has 1 spiro atoms. The number of allylic oxidation sites excluding steroid dienone is 4. The first kappa shape index (κ1) is 24.0. The molecule has 3 aliphatic rings. The van der Waals surface area contributed by atoms with Crippen LogP contribution >= 0.6 is 0 Å². The normalized spacial score (nSPS) is 36.5. The SMILES string of the molecule is CO[C@@]1(C)C[C@@H]2OCC3=CCC(C)(CCC=C(C)C)[C@@H](/C=C\OC(=O)C=C(C)C)[C@]32O1. The summed E-state index contributed by atoms with van der Waals surface area (Å²) < 4.78 is 24.1. The van der Waals surface area contributed by atoms with Crippen molar-refractivity contribution in [3.8, 4) is 0 Å². The van der Waals surface area contributed by atoms with Gasteiger partial charge in [-0.2, -0.15) is 0 Å². The lowest BCUT2D eigenvalue weighted by Crippen LogP contribution is -2.53. The van der Waals surface area contributed by atoms with Crippen LogP contribution in [-0.2, 0) is 23.7 Å². The number of carbonyl (C=O) groups excluding carboxylic acids is 1. The Hall–Kier alpha value is -1.69. The third-order valence-corrected chi connectivity index (χ3v) is 6.95. The first-order valence-electron chi connectivity index (χ1n) is 11.3. The second kappa shape index (κ2) is 9.05. The highest BCUT2D eigenvalue weighted by atomic mass is 16.7. The Morgan fingerprint density at radius 2 is 1.97 bits per heavy atom. The highest BCUT2D eigenvalue weighted by Gasteiger charge is 2.67. The van der Waals surface area contributed by atoms with Crippen LogP contribution in [-0.4, -0.2) is 37.2 Å². The molecular weight excluding hydrogens is 392 g/mol. The van der Waals surface area contributed by atoms with Crippen molar-refractivity contribution < 1.29 is 23.7 Å². The Kier molecular flexibility index (Phi) is 6.99. The molecule has 0 radical (unpaired) electrons. The molecule has 0 aromatic carbocycles. The molecule has 172 valence electrons. The minimum Gasteiger partial charge on any atom is -0.432 e. The van der Waals surface area contributed by atoms with Gasteiger partial charge in [-0.15, -0.1) is 0 Å². The van der Waals surface area contributed by atoms with Gasteiger partial charge in [0.1, 0.15) is 5.60 Å². The molecule has 0 saturated carbocycles. The van der Waals surface area contributed by atoms with E-state index in [1.54, 1.807) is 13.4 Å².